The van der Waals surface area contributed by atoms with Crippen LogP contribution in [0.1, 0.15) is 34.8 Å². The summed E-state index contributed by atoms with van der Waals surface area (Å²) in [5, 5.41) is 1.39. The van der Waals surface area contributed by atoms with Gasteiger partial charge in [0.2, 0.25) is 0 Å². The van der Waals surface area contributed by atoms with Crippen LogP contribution in [0.25, 0.3) is 10.1 Å². The van der Waals surface area contributed by atoms with Gasteiger partial charge in [-0.2, -0.15) is 0 Å². The van der Waals surface area contributed by atoms with E-state index >= 15 is 0 Å². The maximum Gasteiger partial charge on any atom is 0.0345 e. The first-order chi connectivity index (χ1) is 9.42. The van der Waals surface area contributed by atoms with Gasteiger partial charge in [-0.15, -0.1) is 11.3 Å². The monoisotopic (exact) mass is 264 g/mol. The van der Waals surface area contributed by atoms with Crippen LogP contribution in [0, 0.1) is 0 Å². The molecule has 0 aliphatic heterocycles. The SMILES string of the molecule is c1ccc2c(c1)CCCC2c1cc2ccccc2s1. The van der Waals surface area contributed by atoms with Crippen molar-refractivity contribution in [1.82, 2.24) is 0 Å². The first kappa shape index (κ1) is 11.2. The zero-order valence-corrected chi connectivity index (χ0v) is 11.6. The minimum absolute atomic E-state index is 0.613. The van der Waals surface area contributed by atoms with Crippen molar-refractivity contribution < 1.29 is 0 Å². The van der Waals surface area contributed by atoms with Crippen LogP contribution in [0.15, 0.2) is 54.6 Å². The van der Waals surface area contributed by atoms with E-state index < -0.39 is 0 Å². The molecular formula is C18H16S. The largest absolute Gasteiger partial charge is 0.140 e. The fourth-order valence-electron chi connectivity index (χ4n) is 3.22. The number of aryl methyl sites for hydroxylation is 1. The van der Waals surface area contributed by atoms with E-state index in [-0.39, 0.29) is 0 Å². The molecule has 4 rings (SSSR count). The number of benzene rings is 2. The van der Waals surface area contributed by atoms with Gasteiger partial charge in [-0.05, 0) is 47.9 Å². The van der Waals surface area contributed by atoms with Crippen LogP contribution in [-0.2, 0) is 6.42 Å². The summed E-state index contributed by atoms with van der Waals surface area (Å²) in [6.07, 6.45) is 3.86. The summed E-state index contributed by atoms with van der Waals surface area (Å²) in [4.78, 5) is 1.54. The van der Waals surface area contributed by atoms with E-state index in [9.17, 15) is 0 Å². The molecule has 0 N–H and O–H groups in total. The zero-order chi connectivity index (χ0) is 12.7. The van der Waals surface area contributed by atoms with Gasteiger partial charge in [0.25, 0.3) is 0 Å². The zero-order valence-electron chi connectivity index (χ0n) is 10.8. The average Bonchev–Trinajstić information content (AvgIpc) is 2.90. The Morgan fingerprint density at radius 3 is 2.74 bits per heavy atom. The van der Waals surface area contributed by atoms with Crippen molar-refractivity contribution >= 4 is 21.4 Å². The lowest BCUT2D eigenvalue weighted by Crippen LogP contribution is -2.09. The second-order valence-electron chi connectivity index (χ2n) is 5.33. The molecule has 0 bridgehead atoms. The van der Waals surface area contributed by atoms with Crippen LogP contribution in [0.2, 0.25) is 0 Å². The van der Waals surface area contributed by atoms with Gasteiger partial charge in [0.1, 0.15) is 0 Å². The molecule has 1 aromatic heterocycles. The first-order valence-corrected chi connectivity index (χ1v) is 7.80. The normalized spacial score (nSPS) is 18.4. The Kier molecular flexibility index (Phi) is 2.66. The lowest BCUT2D eigenvalue weighted by Gasteiger charge is -2.24. The predicted octanol–water partition coefficient (Wildman–Crippen LogP) is 5.37. The molecule has 0 fully saturated rings. The third-order valence-electron chi connectivity index (χ3n) is 4.16. The standard InChI is InChI=1S/C18H16S/c1-3-9-15-13(6-1)8-5-10-16(15)18-12-14-7-2-4-11-17(14)19-18/h1-4,6-7,9,11-12,16H,5,8,10H2. The Morgan fingerprint density at radius 2 is 1.79 bits per heavy atom. The highest BCUT2D eigenvalue weighted by molar-refractivity contribution is 7.19. The molecule has 0 saturated heterocycles. The molecule has 1 heteroatoms. The molecule has 94 valence electrons. The van der Waals surface area contributed by atoms with Crippen LogP contribution in [0.5, 0.6) is 0 Å². The summed E-state index contributed by atoms with van der Waals surface area (Å²) in [5.41, 5.74) is 3.11. The molecule has 1 aliphatic rings. The van der Waals surface area contributed by atoms with E-state index in [1.807, 2.05) is 11.3 Å². The molecule has 0 radical (unpaired) electrons. The molecule has 19 heavy (non-hydrogen) atoms. The van der Waals surface area contributed by atoms with Crippen molar-refractivity contribution in [3.05, 3.63) is 70.6 Å². The second-order valence-corrected chi connectivity index (χ2v) is 6.45. The molecule has 0 nitrogen and oxygen atoms in total. The molecule has 2 aromatic carbocycles. The molecule has 0 saturated carbocycles. The van der Waals surface area contributed by atoms with Gasteiger partial charge in [-0.25, -0.2) is 0 Å². The van der Waals surface area contributed by atoms with Gasteiger partial charge in [-0.3, -0.25) is 0 Å². The van der Waals surface area contributed by atoms with E-state index in [1.165, 1.54) is 34.2 Å². The summed E-state index contributed by atoms with van der Waals surface area (Å²) in [6, 6.07) is 20.1. The van der Waals surface area contributed by atoms with Crippen molar-refractivity contribution in [1.29, 1.82) is 0 Å². The minimum Gasteiger partial charge on any atom is -0.140 e. The minimum atomic E-state index is 0.613. The van der Waals surface area contributed by atoms with Crippen molar-refractivity contribution in [3.8, 4) is 0 Å². The molecule has 1 aliphatic carbocycles. The lowest BCUT2D eigenvalue weighted by atomic mass is 9.82. The smallest absolute Gasteiger partial charge is 0.0345 e. The van der Waals surface area contributed by atoms with Crippen molar-refractivity contribution in [2.45, 2.75) is 25.2 Å². The van der Waals surface area contributed by atoms with Crippen LogP contribution in [0.3, 0.4) is 0 Å². The summed E-state index contributed by atoms with van der Waals surface area (Å²) in [5.74, 6) is 0.613. The second kappa shape index (κ2) is 4.50. The van der Waals surface area contributed by atoms with Crippen LogP contribution < -0.4 is 0 Å². The van der Waals surface area contributed by atoms with Crippen molar-refractivity contribution in [3.63, 3.8) is 0 Å². The molecule has 1 unspecified atom stereocenters. The lowest BCUT2D eigenvalue weighted by molar-refractivity contribution is 0.623. The maximum absolute atomic E-state index is 2.40. The summed E-state index contributed by atoms with van der Waals surface area (Å²) >= 11 is 1.97. The number of hydrogen-bond donors (Lipinski definition) is 0. The third-order valence-corrected chi connectivity index (χ3v) is 5.39. The summed E-state index contributed by atoms with van der Waals surface area (Å²) in [6.45, 7) is 0. The van der Waals surface area contributed by atoms with Gasteiger partial charge < -0.3 is 0 Å². The van der Waals surface area contributed by atoms with E-state index in [2.05, 4.69) is 54.6 Å². The summed E-state index contributed by atoms with van der Waals surface area (Å²) < 4.78 is 1.42. The van der Waals surface area contributed by atoms with E-state index in [0.29, 0.717) is 5.92 Å². The van der Waals surface area contributed by atoms with E-state index in [1.54, 1.807) is 11.1 Å². The number of thiophene rings is 1. The fourth-order valence-corrected chi connectivity index (χ4v) is 4.44. The van der Waals surface area contributed by atoms with Crippen molar-refractivity contribution in [2.24, 2.45) is 0 Å². The first-order valence-electron chi connectivity index (χ1n) is 6.98. The van der Waals surface area contributed by atoms with Gasteiger partial charge in [-0.1, -0.05) is 42.5 Å². The predicted molar refractivity (Wildman–Crippen MR) is 83.0 cm³/mol. The van der Waals surface area contributed by atoms with Gasteiger partial charge in [0.15, 0.2) is 0 Å². The average molecular weight is 264 g/mol. The Bertz CT molecular complexity index is 690. The van der Waals surface area contributed by atoms with E-state index in [0.717, 1.165) is 0 Å². The topological polar surface area (TPSA) is 0 Å². The highest BCUT2D eigenvalue weighted by Gasteiger charge is 2.22. The van der Waals surface area contributed by atoms with Gasteiger partial charge >= 0.3 is 0 Å². The molecule has 0 spiro atoms. The fraction of sp³-hybridized carbons (Fsp3) is 0.222. The Labute approximate surface area is 117 Å². The Hall–Kier alpha value is -1.60. The number of fused-ring (bicyclic) bond motifs is 2. The molecule has 0 amide bonds. The highest BCUT2D eigenvalue weighted by Crippen LogP contribution is 2.41. The molecule has 3 aromatic rings. The van der Waals surface area contributed by atoms with E-state index in [4.69, 9.17) is 0 Å². The Morgan fingerprint density at radius 1 is 0.947 bits per heavy atom. The molecule has 1 atom stereocenters. The molecule has 1 heterocycles. The summed E-state index contributed by atoms with van der Waals surface area (Å²) in [7, 11) is 0. The number of hydrogen-bond acceptors (Lipinski definition) is 1. The van der Waals surface area contributed by atoms with Crippen LogP contribution >= 0.6 is 11.3 Å². The number of rotatable bonds is 1. The van der Waals surface area contributed by atoms with Crippen LogP contribution in [-0.4, -0.2) is 0 Å². The van der Waals surface area contributed by atoms with Gasteiger partial charge in [0, 0.05) is 15.5 Å². The third kappa shape index (κ3) is 1.89. The molecular weight excluding hydrogens is 248 g/mol. The van der Waals surface area contributed by atoms with Crippen molar-refractivity contribution in [2.75, 3.05) is 0 Å². The Balaban J connectivity index is 1.85. The van der Waals surface area contributed by atoms with Crippen LogP contribution in [0.4, 0.5) is 0 Å². The quantitative estimate of drug-likeness (QED) is 0.554. The highest BCUT2D eigenvalue weighted by atomic mass is 32.1. The van der Waals surface area contributed by atoms with Gasteiger partial charge in [0.05, 0.1) is 0 Å². The maximum atomic E-state index is 2.40.